The van der Waals surface area contributed by atoms with Crippen molar-refractivity contribution in [2.24, 2.45) is 0 Å². The summed E-state index contributed by atoms with van der Waals surface area (Å²) in [5.74, 6) is 0. The Morgan fingerprint density at radius 1 is 1.43 bits per heavy atom. The highest BCUT2D eigenvalue weighted by atomic mass is 28.4. The van der Waals surface area contributed by atoms with Gasteiger partial charge in [-0.1, -0.05) is 0 Å². The second-order valence-corrected chi connectivity index (χ2v) is 4.54. The molecule has 0 aliphatic rings. The van der Waals surface area contributed by atoms with Crippen molar-refractivity contribution in [1.82, 2.24) is 0 Å². The minimum Gasteiger partial charge on any atom is -0.438 e. The van der Waals surface area contributed by atoms with Crippen molar-refractivity contribution in [3.05, 3.63) is 0 Å². The zero-order chi connectivity index (χ0) is 11.0. The lowest BCUT2D eigenvalue weighted by molar-refractivity contribution is 0.0719. The Hall–Kier alpha value is -0.693. The first kappa shape index (κ1) is 13.3. The molecule has 0 amide bonds. The van der Waals surface area contributed by atoms with Crippen molar-refractivity contribution < 1.29 is 26.9 Å². The van der Waals surface area contributed by atoms with E-state index in [1.807, 2.05) is 0 Å². The molecule has 0 rings (SSSR count). The summed E-state index contributed by atoms with van der Waals surface area (Å²) in [5, 5.41) is 0. The van der Waals surface area contributed by atoms with E-state index >= 15 is 0 Å². The summed E-state index contributed by atoms with van der Waals surface area (Å²) >= 11 is 0. The van der Waals surface area contributed by atoms with Gasteiger partial charge in [0.2, 0.25) is 0 Å². The number of carbonyl (C=O) groups is 1. The molecule has 0 unspecified atom stereocenters. The van der Waals surface area contributed by atoms with E-state index in [-0.39, 0.29) is 25.7 Å². The Balaban J connectivity index is 3.48. The normalized spacial score (nSPS) is 11.1. The van der Waals surface area contributed by atoms with E-state index in [0.29, 0.717) is 0 Å². The maximum Gasteiger partial charge on any atom is 0.577 e. The molecule has 4 nitrogen and oxygen atoms in total. The first-order valence-corrected chi connectivity index (χ1v) is 6.11. The van der Waals surface area contributed by atoms with Crippen LogP contribution >= 0.6 is 0 Å². The molecule has 0 fully saturated rings. The average molecular weight is 228 g/mol. The third-order valence-electron chi connectivity index (χ3n) is 1.35. The maximum absolute atomic E-state index is 12.8. The van der Waals surface area contributed by atoms with E-state index in [2.05, 4.69) is 13.9 Å². The molecule has 0 aromatic rings. The first-order chi connectivity index (χ1) is 6.52. The van der Waals surface area contributed by atoms with Gasteiger partial charge in [-0.3, -0.25) is 0 Å². The predicted octanol–water partition coefficient (Wildman–Crippen LogP) is 2.07. The standard InChI is InChI=1S/C7H14F2O4Si/c1-3-13-14(8,9)6-4-5-12-7(10)11-2/h3-6H2,1-2H3. The molecule has 0 spiro atoms. The number of methoxy groups -OCH3 is 1. The van der Waals surface area contributed by atoms with Crippen molar-refractivity contribution in [3.63, 3.8) is 0 Å². The molecule has 0 bridgehead atoms. The highest BCUT2D eigenvalue weighted by Crippen LogP contribution is 2.17. The molecular weight excluding hydrogens is 214 g/mol. The van der Waals surface area contributed by atoms with Crippen LogP contribution in [0, 0.1) is 0 Å². The number of hydrogen-bond acceptors (Lipinski definition) is 4. The van der Waals surface area contributed by atoms with Crippen LogP contribution in [0.25, 0.3) is 0 Å². The predicted molar refractivity (Wildman–Crippen MR) is 47.4 cm³/mol. The SMILES string of the molecule is CCO[Si](F)(F)CCCOC(=O)OC. The lowest BCUT2D eigenvalue weighted by atomic mass is 10.5. The second kappa shape index (κ2) is 6.72. The Labute approximate surface area is 82.6 Å². The topological polar surface area (TPSA) is 44.8 Å². The van der Waals surface area contributed by atoms with Gasteiger partial charge in [-0.15, -0.1) is 0 Å². The van der Waals surface area contributed by atoms with Crippen molar-refractivity contribution in [3.8, 4) is 0 Å². The summed E-state index contributed by atoms with van der Waals surface area (Å²) in [5.41, 5.74) is 0. The van der Waals surface area contributed by atoms with Crippen molar-refractivity contribution >= 4 is 15.1 Å². The van der Waals surface area contributed by atoms with Gasteiger partial charge in [-0.25, -0.2) is 13.0 Å². The Morgan fingerprint density at radius 3 is 2.57 bits per heavy atom. The number of halogens is 2. The molecule has 0 aromatic heterocycles. The monoisotopic (exact) mass is 228 g/mol. The third kappa shape index (κ3) is 6.78. The van der Waals surface area contributed by atoms with Crippen molar-refractivity contribution in [1.29, 1.82) is 0 Å². The zero-order valence-electron chi connectivity index (χ0n) is 8.22. The van der Waals surface area contributed by atoms with Crippen LogP contribution in [0.5, 0.6) is 0 Å². The summed E-state index contributed by atoms with van der Waals surface area (Å²) in [6.45, 7) is 1.46. The number of ether oxygens (including phenoxy) is 2. The number of rotatable bonds is 6. The third-order valence-corrected chi connectivity index (χ3v) is 3.00. The van der Waals surface area contributed by atoms with Crippen LogP contribution in [0.2, 0.25) is 6.04 Å². The van der Waals surface area contributed by atoms with Gasteiger partial charge in [-0.05, 0) is 13.3 Å². The molecule has 0 heterocycles. The first-order valence-electron chi connectivity index (χ1n) is 4.24. The van der Waals surface area contributed by atoms with Crippen molar-refractivity contribution in [2.45, 2.75) is 19.4 Å². The van der Waals surface area contributed by atoms with Gasteiger partial charge in [-0.2, -0.15) is 0 Å². The lowest BCUT2D eigenvalue weighted by Crippen LogP contribution is -2.27. The smallest absolute Gasteiger partial charge is 0.438 e. The fraction of sp³-hybridized carbons (Fsp3) is 0.857. The summed E-state index contributed by atoms with van der Waals surface area (Å²) < 4.78 is 38.4. The van der Waals surface area contributed by atoms with Crippen LogP contribution in [0.4, 0.5) is 13.0 Å². The van der Waals surface area contributed by atoms with Crippen LogP contribution in [0.1, 0.15) is 13.3 Å². The van der Waals surface area contributed by atoms with Crippen LogP contribution in [0.15, 0.2) is 0 Å². The summed E-state index contributed by atoms with van der Waals surface area (Å²) in [6.07, 6.45) is -0.764. The highest BCUT2D eigenvalue weighted by molar-refractivity contribution is 6.59. The molecule has 84 valence electrons. The molecule has 0 aromatic carbocycles. The van der Waals surface area contributed by atoms with Gasteiger partial charge in [0, 0.05) is 12.7 Å². The molecular formula is C7H14F2O4Si. The van der Waals surface area contributed by atoms with Gasteiger partial charge in [0.15, 0.2) is 0 Å². The number of hydrogen-bond donors (Lipinski definition) is 0. The van der Waals surface area contributed by atoms with E-state index < -0.39 is 15.1 Å². The molecule has 0 radical (unpaired) electrons. The minimum absolute atomic E-state index is 0.0110. The summed E-state index contributed by atoms with van der Waals surface area (Å²) in [4.78, 5) is 10.4. The van der Waals surface area contributed by atoms with E-state index in [4.69, 9.17) is 0 Å². The Kier molecular flexibility index (Phi) is 6.38. The average Bonchev–Trinajstić information content (AvgIpc) is 2.12. The fourth-order valence-corrected chi connectivity index (χ4v) is 1.90. The maximum atomic E-state index is 12.8. The molecule has 0 atom stereocenters. The molecule has 0 N–H and O–H groups in total. The van der Waals surface area contributed by atoms with Crippen molar-refractivity contribution in [2.75, 3.05) is 20.3 Å². The van der Waals surface area contributed by atoms with Crippen LogP contribution in [-0.2, 0) is 13.9 Å². The van der Waals surface area contributed by atoms with Gasteiger partial charge in [0.05, 0.1) is 13.7 Å². The van der Waals surface area contributed by atoms with E-state index in [0.717, 1.165) is 7.11 Å². The molecule has 0 saturated heterocycles. The Morgan fingerprint density at radius 2 is 2.07 bits per heavy atom. The number of carbonyl (C=O) groups excluding carboxylic acids is 1. The summed E-state index contributed by atoms with van der Waals surface area (Å²) in [6, 6.07) is -0.335. The molecule has 7 heteroatoms. The zero-order valence-corrected chi connectivity index (χ0v) is 9.22. The highest BCUT2D eigenvalue weighted by Gasteiger charge is 2.37. The fourth-order valence-electron chi connectivity index (χ4n) is 0.776. The van der Waals surface area contributed by atoms with E-state index in [9.17, 15) is 13.0 Å². The lowest BCUT2D eigenvalue weighted by Gasteiger charge is -2.11. The van der Waals surface area contributed by atoms with E-state index in [1.165, 1.54) is 6.92 Å². The van der Waals surface area contributed by atoms with E-state index in [1.54, 1.807) is 0 Å². The van der Waals surface area contributed by atoms with Gasteiger partial charge >= 0.3 is 15.1 Å². The van der Waals surface area contributed by atoms with Crippen LogP contribution in [0.3, 0.4) is 0 Å². The molecule has 0 saturated carbocycles. The summed E-state index contributed by atoms with van der Waals surface area (Å²) in [7, 11) is -3.36. The molecule has 14 heavy (non-hydrogen) atoms. The molecule has 0 aliphatic carbocycles. The minimum atomic E-state index is -4.52. The largest absolute Gasteiger partial charge is 0.577 e. The second-order valence-electron chi connectivity index (χ2n) is 2.48. The van der Waals surface area contributed by atoms with Crippen LogP contribution < -0.4 is 0 Å². The Bertz CT molecular complexity index is 177. The molecule has 0 aliphatic heterocycles. The van der Waals surface area contributed by atoms with Crippen LogP contribution in [-0.4, -0.2) is 35.5 Å². The van der Waals surface area contributed by atoms with Gasteiger partial charge in [0.1, 0.15) is 0 Å². The van der Waals surface area contributed by atoms with Gasteiger partial charge in [0.25, 0.3) is 0 Å². The van der Waals surface area contributed by atoms with Gasteiger partial charge < -0.3 is 13.9 Å². The quantitative estimate of drug-likeness (QED) is 0.302.